The molecular formula is C17H24N6OS. The van der Waals surface area contributed by atoms with Crippen LogP contribution in [0.3, 0.4) is 0 Å². The molecule has 0 radical (unpaired) electrons. The maximum Gasteiger partial charge on any atom is 0.213 e. The first-order chi connectivity index (χ1) is 12.1. The number of piperazine rings is 1. The van der Waals surface area contributed by atoms with Crippen LogP contribution < -0.4 is 15.4 Å². The molecule has 25 heavy (non-hydrogen) atoms. The van der Waals surface area contributed by atoms with Crippen LogP contribution in [0.5, 0.6) is 5.88 Å². The number of thiazole rings is 1. The van der Waals surface area contributed by atoms with Gasteiger partial charge in [-0.15, -0.1) is 11.3 Å². The molecule has 2 aromatic rings. The molecule has 0 unspecified atom stereocenters. The lowest BCUT2D eigenvalue weighted by Gasteiger charge is -2.35. The summed E-state index contributed by atoms with van der Waals surface area (Å²) in [6, 6.07) is 3.84. The minimum Gasteiger partial charge on any atom is -0.475 e. The average molecular weight is 360 g/mol. The summed E-state index contributed by atoms with van der Waals surface area (Å²) in [6.45, 7) is 8.01. The maximum atomic E-state index is 6.16. The molecule has 134 valence electrons. The number of anilines is 1. The topological polar surface area (TPSA) is 79.9 Å². The Balaban J connectivity index is 1.50. The number of guanidine groups is 1. The first kappa shape index (κ1) is 17.5. The van der Waals surface area contributed by atoms with Gasteiger partial charge >= 0.3 is 0 Å². The summed E-state index contributed by atoms with van der Waals surface area (Å²) in [7, 11) is 0. The summed E-state index contributed by atoms with van der Waals surface area (Å²) >= 11 is 1.67. The summed E-state index contributed by atoms with van der Waals surface area (Å²) in [5.74, 6) is 1.22. The maximum absolute atomic E-state index is 6.16. The molecule has 8 heteroatoms. The van der Waals surface area contributed by atoms with Crippen molar-refractivity contribution in [1.29, 1.82) is 0 Å². The number of nitrogens with zero attached hydrogens (tertiary/aromatic N) is 5. The molecule has 1 aliphatic rings. The number of rotatable bonds is 5. The predicted molar refractivity (Wildman–Crippen MR) is 101 cm³/mol. The fraction of sp³-hybridized carbons (Fsp3) is 0.471. The van der Waals surface area contributed by atoms with E-state index in [2.05, 4.69) is 24.8 Å². The van der Waals surface area contributed by atoms with Gasteiger partial charge in [0.15, 0.2) is 11.1 Å². The molecule has 1 aliphatic heterocycles. The zero-order valence-corrected chi connectivity index (χ0v) is 15.4. The van der Waals surface area contributed by atoms with Crippen molar-refractivity contribution in [3.63, 3.8) is 0 Å². The van der Waals surface area contributed by atoms with E-state index in [1.165, 1.54) is 0 Å². The number of nitrogens with two attached hydrogens (primary N) is 1. The van der Waals surface area contributed by atoms with Crippen molar-refractivity contribution < 1.29 is 4.74 Å². The number of pyridine rings is 1. The Morgan fingerprint density at radius 1 is 1.28 bits per heavy atom. The molecule has 3 heterocycles. The molecule has 0 atom stereocenters. The normalized spacial score (nSPS) is 15.7. The van der Waals surface area contributed by atoms with Crippen LogP contribution in [0.25, 0.3) is 0 Å². The lowest BCUT2D eigenvalue weighted by Crippen LogP contribution is -2.51. The van der Waals surface area contributed by atoms with Crippen molar-refractivity contribution in [3.05, 3.63) is 35.5 Å². The summed E-state index contributed by atoms with van der Waals surface area (Å²) in [6.07, 6.45) is 3.75. The SMILES string of the molecule is CC(C)Oc1ccc(CN=C(N)N2CCN(c3nccs3)CC2)cn1. The predicted octanol–water partition coefficient (Wildman–Crippen LogP) is 1.96. The first-order valence-corrected chi connectivity index (χ1v) is 9.30. The largest absolute Gasteiger partial charge is 0.475 e. The van der Waals surface area contributed by atoms with Crippen molar-refractivity contribution in [1.82, 2.24) is 14.9 Å². The van der Waals surface area contributed by atoms with Crippen LogP contribution in [0.15, 0.2) is 34.9 Å². The van der Waals surface area contributed by atoms with E-state index in [1.54, 1.807) is 17.5 Å². The zero-order chi connectivity index (χ0) is 17.6. The number of aliphatic imine (C=N–C) groups is 1. The Hall–Kier alpha value is -2.35. The van der Waals surface area contributed by atoms with Crippen LogP contribution in [0.1, 0.15) is 19.4 Å². The van der Waals surface area contributed by atoms with Gasteiger partial charge in [0.2, 0.25) is 5.88 Å². The minimum absolute atomic E-state index is 0.120. The van der Waals surface area contributed by atoms with Crippen LogP contribution in [0.2, 0.25) is 0 Å². The van der Waals surface area contributed by atoms with Crippen molar-refractivity contribution in [3.8, 4) is 5.88 Å². The van der Waals surface area contributed by atoms with Crippen LogP contribution in [0.4, 0.5) is 5.13 Å². The molecule has 1 fully saturated rings. The second kappa shape index (κ2) is 8.15. The van der Waals surface area contributed by atoms with E-state index in [1.807, 2.05) is 37.6 Å². The molecule has 0 aromatic carbocycles. The Bertz CT molecular complexity index is 678. The van der Waals surface area contributed by atoms with Gasteiger partial charge in [-0.2, -0.15) is 0 Å². The fourth-order valence-electron chi connectivity index (χ4n) is 2.59. The van der Waals surface area contributed by atoms with Gasteiger partial charge in [0, 0.05) is 50.0 Å². The average Bonchev–Trinajstić information content (AvgIpc) is 3.15. The molecule has 0 saturated carbocycles. The molecule has 2 N–H and O–H groups in total. The quantitative estimate of drug-likeness (QED) is 0.649. The molecule has 3 rings (SSSR count). The van der Waals surface area contributed by atoms with E-state index < -0.39 is 0 Å². The Kier molecular flexibility index (Phi) is 5.70. The third-order valence-corrected chi connectivity index (χ3v) is 4.70. The van der Waals surface area contributed by atoms with E-state index in [4.69, 9.17) is 10.5 Å². The van der Waals surface area contributed by atoms with Crippen LogP contribution >= 0.6 is 11.3 Å². The van der Waals surface area contributed by atoms with Gasteiger partial charge in [0.25, 0.3) is 0 Å². The molecule has 1 saturated heterocycles. The van der Waals surface area contributed by atoms with Gasteiger partial charge in [0.05, 0.1) is 12.6 Å². The van der Waals surface area contributed by atoms with Gasteiger partial charge < -0.3 is 20.3 Å². The van der Waals surface area contributed by atoms with E-state index in [0.29, 0.717) is 18.4 Å². The number of hydrogen-bond acceptors (Lipinski definition) is 6. The van der Waals surface area contributed by atoms with Crippen molar-refractivity contribution in [2.24, 2.45) is 10.7 Å². The third-order valence-electron chi connectivity index (χ3n) is 3.87. The minimum atomic E-state index is 0.120. The van der Waals surface area contributed by atoms with Gasteiger partial charge in [-0.25, -0.2) is 15.0 Å². The number of hydrogen-bond donors (Lipinski definition) is 1. The van der Waals surface area contributed by atoms with Gasteiger partial charge in [-0.1, -0.05) is 6.07 Å². The molecule has 7 nitrogen and oxygen atoms in total. The van der Waals surface area contributed by atoms with Crippen molar-refractivity contribution >= 4 is 22.4 Å². The second-order valence-electron chi connectivity index (χ2n) is 6.13. The lowest BCUT2D eigenvalue weighted by atomic mass is 10.3. The molecule has 0 amide bonds. The van der Waals surface area contributed by atoms with E-state index in [9.17, 15) is 0 Å². The number of aromatic nitrogens is 2. The summed E-state index contributed by atoms with van der Waals surface area (Å²) < 4.78 is 5.54. The highest BCUT2D eigenvalue weighted by molar-refractivity contribution is 7.13. The van der Waals surface area contributed by atoms with Crippen LogP contribution in [-0.4, -0.2) is 53.1 Å². The highest BCUT2D eigenvalue weighted by Gasteiger charge is 2.19. The fourth-order valence-corrected chi connectivity index (χ4v) is 3.28. The van der Waals surface area contributed by atoms with Gasteiger partial charge in [0.1, 0.15) is 0 Å². The van der Waals surface area contributed by atoms with E-state index >= 15 is 0 Å². The van der Waals surface area contributed by atoms with Crippen LogP contribution in [-0.2, 0) is 6.54 Å². The number of ether oxygens (including phenoxy) is 1. The summed E-state index contributed by atoms with van der Waals surface area (Å²) in [5.41, 5.74) is 7.17. The molecule has 0 aliphatic carbocycles. The summed E-state index contributed by atoms with van der Waals surface area (Å²) in [5, 5.41) is 3.08. The Morgan fingerprint density at radius 2 is 2.08 bits per heavy atom. The van der Waals surface area contributed by atoms with E-state index in [0.717, 1.165) is 36.9 Å². The monoisotopic (exact) mass is 360 g/mol. The van der Waals surface area contributed by atoms with Crippen molar-refractivity contribution in [2.75, 3.05) is 31.1 Å². The van der Waals surface area contributed by atoms with Gasteiger partial charge in [-0.05, 0) is 19.4 Å². The standard InChI is InChI=1S/C17H24N6OS/c1-13(2)24-15-4-3-14(11-20-15)12-21-16(18)22-6-8-23(9-7-22)17-19-5-10-25-17/h3-5,10-11,13H,6-9,12H2,1-2H3,(H2,18,21). The lowest BCUT2D eigenvalue weighted by molar-refractivity contribution is 0.232. The highest BCUT2D eigenvalue weighted by atomic mass is 32.1. The zero-order valence-electron chi connectivity index (χ0n) is 14.6. The van der Waals surface area contributed by atoms with E-state index in [-0.39, 0.29) is 6.10 Å². The second-order valence-corrected chi connectivity index (χ2v) is 7.01. The smallest absolute Gasteiger partial charge is 0.213 e. The molecule has 2 aromatic heterocycles. The molecule has 0 bridgehead atoms. The molecule has 0 spiro atoms. The van der Waals surface area contributed by atoms with Crippen molar-refractivity contribution in [2.45, 2.75) is 26.5 Å². The van der Waals surface area contributed by atoms with Crippen LogP contribution in [0, 0.1) is 0 Å². The third kappa shape index (κ3) is 4.82. The van der Waals surface area contributed by atoms with Gasteiger partial charge in [-0.3, -0.25) is 0 Å². The Labute approximate surface area is 152 Å². The first-order valence-electron chi connectivity index (χ1n) is 8.42. The summed E-state index contributed by atoms with van der Waals surface area (Å²) in [4.78, 5) is 17.6. The molecular weight excluding hydrogens is 336 g/mol. The highest BCUT2D eigenvalue weighted by Crippen LogP contribution is 2.18. The Morgan fingerprint density at radius 3 is 2.68 bits per heavy atom.